The predicted octanol–water partition coefficient (Wildman–Crippen LogP) is 3.40. The predicted molar refractivity (Wildman–Crippen MR) is 122 cm³/mol. The smallest absolute Gasteiger partial charge is 0.262 e. The van der Waals surface area contributed by atoms with Crippen molar-refractivity contribution in [2.24, 2.45) is 0 Å². The fraction of sp³-hybridized carbons (Fsp3) is 0.292. The quantitative estimate of drug-likeness (QED) is 0.582. The number of rotatable bonds is 8. The Balaban J connectivity index is 1.37. The Morgan fingerprint density at radius 1 is 1.00 bits per heavy atom. The van der Waals surface area contributed by atoms with Crippen LogP contribution in [0.4, 0.5) is 11.5 Å². The number of carbonyl (C=O) groups is 1. The van der Waals surface area contributed by atoms with E-state index in [1.165, 1.54) is 0 Å². The van der Waals surface area contributed by atoms with Gasteiger partial charge in [0.2, 0.25) is 0 Å². The average molecular weight is 434 g/mol. The first kappa shape index (κ1) is 21.6. The molecular weight excluding hydrogens is 408 g/mol. The Morgan fingerprint density at radius 3 is 2.50 bits per heavy atom. The Hall–Kier alpha value is -3.65. The molecule has 0 unspecified atom stereocenters. The summed E-state index contributed by atoms with van der Waals surface area (Å²) in [4.78, 5) is 14.6. The van der Waals surface area contributed by atoms with Gasteiger partial charge in [0.05, 0.1) is 25.5 Å². The third-order valence-corrected chi connectivity index (χ3v) is 4.94. The van der Waals surface area contributed by atoms with Gasteiger partial charge in [-0.1, -0.05) is 24.3 Å². The molecule has 1 aliphatic rings. The molecule has 4 rings (SSSR count). The number of hydrogen-bond acceptors (Lipinski definition) is 7. The molecule has 0 spiro atoms. The number of hydrogen-bond donors (Lipinski definition) is 1. The standard InChI is InChI=1S/C24H26N4O4/c1-2-31-21-8-3-4-9-22(21)32-17-24(29)25-19-7-5-6-18(16-19)20-10-11-23(27-26-20)28-12-14-30-15-13-28/h3-11,16H,2,12-15,17H2,1H3,(H,25,29). The fourth-order valence-electron chi connectivity index (χ4n) is 3.38. The summed E-state index contributed by atoms with van der Waals surface area (Å²) in [7, 11) is 0. The molecule has 0 saturated carbocycles. The fourth-order valence-corrected chi connectivity index (χ4v) is 3.38. The van der Waals surface area contributed by atoms with Gasteiger partial charge in [-0.05, 0) is 43.3 Å². The van der Waals surface area contributed by atoms with Crippen molar-refractivity contribution in [3.8, 4) is 22.8 Å². The lowest BCUT2D eigenvalue weighted by molar-refractivity contribution is -0.118. The van der Waals surface area contributed by atoms with Crippen molar-refractivity contribution in [3.63, 3.8) is 0 Å². The van der Waals surface area contributed by atoms with Crippen molar-refractivity contribution in [1.29, 1.82) is 0 Å². The van der Waals surface area contributed by atoms with Crippen molar-refractivity contribution < 1.29 is 19.0 Å². The van der Waals surface area contributed by atoms with Gasteiger partial charge in [0.1, 0.15) is 0 Å². The molecule has 8 heteroatoms. The molecule has 1 fully saturated rings. The number of carbonyl (C=O) groups excluding carboxylic acids is 1. The molecule has 2 aromatic carbocycles. The zero-order valence-corrected chi connectivity index (χ0v) is 18.0. The molecule has 2 heterocycles. The summed E-state index contributed by atoms with van der Waals surface area (Å²) in [5, 5.41) is 11.6. The van der Waals surface area contributed by atoms with Crippen molar-refractivity contribution in [1.82, 2.24) is 10.2 Å². The first-order chi connectivity index (χ1) is 15.7. The van der Waals surface area contributed by atoms with Crippen molar-refractivity contribution in [2.75, 3.05) is 49.7 Å². The van der Waals surface area contributed by atoms with Crippen LogP contribution in [0, 0.1) is 0 Å². The number of para-hydroxylation sites is 2. The van der Waals surface area contributed by atoms with Crippen LogP contribution in [0.3, 0.4) is 0 Å². The van der Waals surface area contributed by atoms with E-state index in [1.54, 1.807) is 6.07 Å². The van der Waals surface area contributed by atoms with Gasteiger partial charge in [-0.25, -0.2) is 0 Å². The van der Waals surface area contributed by atoms with Crippen LogP contribution in [-0.2, 0) is 9.53 Å². The van der Waals surface area contributed by atoms with Gasteiger partial charge in [-0.2, -0.15) is 0 Å². The van der Waals surface area contributed by atoms with E-state index < -0.39 is 0 Å². The maximum Gasteiger partial charge on any atom is 0.262 e. The van der Waals surface area contributed by atoms with Gasteiger partial charge in [0, 0.05) is 24.3 Å². The van der Waals surface area contributed by atoms with E-state index in [0.29, 0.717) is 37.0 Å². The SMILES string of the molecule is CCOc1ccccc1OCC(=O)Nc1cccc(-c2ccc(N3CCOCC3)nn2)c1. The zero-order valence-electron chi connectivity index (χ0n) is 18.0. The minimum Gasteiger partial charge on any atom is -0.490 e. The van der Waals surface area contributed by atoms with Crippen LogP contribution in [0.25, 0.3) is 11.3 Å². The number of nitrogens with zero attached hydrogens (tertiary/aromatic N) is 3. The highest BCUT2D eigenvalue weighted by molar-refractivity contribution is 5.92. The summed E-state index contributed by atoms with van der Waals surface area (Å²) in [6.07, 6.45) is 0. The van der Waals surface area contributed by atoms with Gasteiger partial charge in [0.25, 0.3) is 5.91 Å². The van der Waals surface area contributed by atoms with Gasteiger partial charge < -0.3 is 24.4 Å². The summed E-state index contributed by atoms with van der Waals surface area (Å²) < 4.78 is 16.5. The normalized spacial score (nSPS) is 13.5. The minimum atomic E-state index is -0.262. The van der Waals surface area contributed by atoms with E-state index in [2.05, 4.69) is 20.4 Å². The lowest BCUT2D eigenvalue weighted by Gasteiger charge is -2.27. The first-order valence-corrected chi connectivity index (χ1v) is 10.6. The van der Waals surface area contributed by atoms with Crippen LogP contribution in [0.15, 0.2) is 60.7 Å². The molecule has 0 atom stereocenters. The highest BCUT2D eigenvalue weighted by Crippen LogP contribution is 2.26. The second kappa shape index (κ2) is 10.6. The molecule has 3 aromatic rings. The Kier molecular flexibility index (Phi) is 7.14. The number of anilines is 2. The van der Waals surface area contributed by atoms with E-state index in [1.807, 2.05) is 61.5 Å². The van der Waals surface area contributed by atoms with Crippen LogP contribution in [0.5, 0.6) is 11.5 Å². The second-order valence-corrected chi connectivity index (χ2v) is 7.17. The van der Waals surface area contributed by atoms with Crippen LogP contribution in [0.1, 0.15) is 6.92 Å². The topological polar surface area (TPSA) is 85.8 Å². The Bertz CT molecular complexity index is 1040. The molecule has 8 nitrogen and oxygen atoms in total. The van der Waals surface area contributed by atoms with Crippen LogP contribution in [-0.4, -0.2) is 55.6 Å². The number of amides is 1. The lowest BCUT2D eigenvalue weighted by Crippen LogP contribution is -2.36. The molecule has 32 heavy (non-hydrogen) atoms. The molecule has 1 amide bonds. The molecule has 0 aliphatic carbocycles. The molecule has 1 aliphatic heterocycles. The van der Waals surface area contributed by atoms with Gasteiger partial charge in [0.15, 0.2) is 23.9 Å². The molecule has 0 bridgehead atoms. The maximum atomic E-state index is 12.4. The number of benzene rings is 2. The van der Waals surface area contributed by atoms with Gasteiger partial charge in [-0.3, -0.25) is 4.79 Å². The zero-order chi connectivity index (χ0) is 22.2. The summed E-state index contributed by atoms with van der Waals surface area (Å²) in [5.41, 5.74) is 2.26. The molecular formula is C24H26N4O4. The van der Waals surface area contributed by atoms with Crippen molar-refractivity contribution >= 4 is 17.4 Å². The molecule has 1 aromatic heterocycles. The number of morpholine rings is 1. The summed E-state index contributed by atoms with van der Waals surface area (Å²) in [5.74, 6) is 1.73. The highest BCUT2D eigenvalue weighted by atomic mass is 16.5. The van der Waals surface area contributed by atoms with Crippen LogP contribution in [0.2, 0.25) is 0 Å². The molecule has 1 N–H and O–H groups in total. The van der Waals surface area contributed by atoms with E-state index in [-0.39, 0.29) is 12.5 Å². The molecule has 0 radical (unpaired) electrons. The van der Waals surface area contributed by atoms with E-state index in [4.69, 9.17) is 14.2 Å². The molecule has 1 saturated heterocycles. The molecule has 166 valence electrons. The summed E-state index contributed by atoms with van der Waals surface area (Å²) in [6, 6.07) is 18.7. The summed E-state index contributed by atoms with van der Waals surface area (Å²) in [6.45, 7) is 5.33. The van der Waals surface area contributed by atoms with Crippen LogP contribution >= 0.6 is 0 Å². The maximum absolute atomic E-state index is 12.4. The summed E-state index contributed by atoms with van der Waals surface area (Å²) >= 11 is 0. The van der Waals surface area contributed by atoms with Crippen molar-refractivity contribution in [2.45, 2.75) is 6.92 Å². The van der Waals surface area contributed by atoms with E-state index >= 15 is 0 Å². The second-order valence-electron chi connectivity index (χ2n) is 7.17. The van der Waals surface area contributed by atoms with Crippen LogP contribution < -0.4 is 19.7 Å². The number of nitrogens with one attached hydrogen (secondary N) is 1. The lowest BCUT2D eigenvalue weighted by atomic mass is 10.1. The van der Waals surface area contributed by atoms with Gasteiger partial charge >= 0.3 is 0 Å². The van der Waals surface area contributed by atoms with E-state index in [0.717, 1.165) is 30.2 Å². The minimum absolute atomic E-state index is 0.123. The number of ether oxygens (including phenoxy) is 3. The van der Waals surface area contributed by atoms with Gasteiger partial charge in [-0.15, -0.1) is 10.2 Å². The average Bonchev–Trinajstić information content (AvgIpc) is 2.84. The highest BCUT2D eigenvalue weighted by Gasteiger charge is 2.13. The third-order valence-electron chi connectivity index (χ3n) is 4.94. The Labute approximate surface area is 187 Å². The third kappa shape index (κ3) is 5.53. The first-order valence-electron chi connectivity index (χ1n) is 10.6. The largest absolute Gasteiger partial charge is 0.490 e. The Morgan fingerprint density at radius 2 is 1.78 bits per heavy atom. The monoisotopic (exact) mass is 434 g/mol. The van der Waals surface area contributed by atoms with E-state index in [9.17, 15) is 4.79 Å². The number of aromatic nitrogens is 2. The van der Waals surface area contributed by atoms with Crippen molar-refractivity contribution in [3.05, 3.63) is 60.7 Å².